The lowest BCUT2D eigenvalue weighted by atomic mass is 9.92. The molecule has 0 saturated heterocycles. The van der Waals surface area contributed by atoms with Gasteiger partial charge in [-0.1, -0.05) is 86.0 Å². The zero-order valence-corrected chi connectivity index (χ0v) is 14.3. The quantitative estimate of drug-likeness (QED) is 0.521. The lowest BCUT2D eigenvalue weighted by Gasteiger charge is -2.12. The summed E-state index contributed by atoms with van der Waals surface area (Å²) in [5.41, 5.74) is 9.29. The summed E-state index contributed by atoms with van der Waals surface area (Å²) in [5, 5.41) is 0. The molecule has 0 amide bonds. The molecule has 0 N–H and O–H groups in total. The Kier molecular flexibility index (Phi) is 4.48. The Morgan fingerprint density at radius 1 is 0.542 bits per heavy atom. The highest BCUT2D eigenvalue weighted by molar-refractivity contribution is 5.83. The van der Waals surface area contributed by atoms with E-state index in [1.807, 2.05) is 0 Å². The molecule has 0 aliphatic rings. The predicted octanol–water partition coefficient (Wildman–Crippen LogP) is 6.43. The van der Waals surface area contributed by atoms with Gasteiger partial charge in [-0.2, -0.15) is 0 Å². The summed E-state index contributed by atoms with van der Waals surface area (Å²) < 4.78 is 0. The van der Waals surface area contributed by atoms with Crippen molar-refractivity contribution < 1.29 is 0 Å². The van der Waals surface area contributed by atoms with Crippen LogP contribution in [0, 0.1) is 13.8 Å². The minimum Gasteiger partial charge on any atom is -0.0905 e. The molecule has 0 aliphatic carbocycles. The Morgan fingerprint density at radius 2 is 0.875 bits per heavy atom. The molecule has 0 radical (unpaired) electrons. The van der Waals surface area contributed by atoms with Gasteiger partial charge in [-0.25, -0.2) is 0 Å². The van der Waals surface area contributed by atoms with Gasteiger partial charge in [0, 0.05) is 0 Å². The van der Waals surface area contributed by atoms with Crippen molar-refractivity contribution in [2.75, 3.05) is 0 Å². The van der Waals surface area contributed by atoms with Gasteiger partial charge in [0.25, 0.3) is 0 Å². The largest absolute Gasteiger partial charge is 0.0905 e. The van der Waals surface area contributed by atoms with Crippen LogP contribution in [0.25, 0.3) is 11.1 Å². The second kappa shape index (κ2) is 6.72. The predicted molar refractivity (Wildman–Crippen MR) is 105 cm³/mol. The van der Waals surface area contributed by atoms with Crippen LogP contribution in [-0.2, 0) is 0 Å². The fourth-order valence-electron chi connectivity index (χ4n) is 3.01. The maximum Gasteiger partial charge on any atom is -0.0155 e. The van der Waals surface area contributed by atoms with E-state index in [1.165, 1.54) is 22.3 Å². The molecule has 0 heteroatoms. The van der Waals surface area contributed by atoms with Crippen molar-refractivity contribution in [1.29, 1.82) is 0 Å². The van der Waals surface area contributed by atoms with E-state index >= 15 is 0 Å². The van der Waals surface area contributed by atoms with Crippen molar-refractivity contribution in [2.24, 2.45) is 0 Å². The minimum absolute atomic E-state index is 1.06. The van der Waals surface area contributed by atoms with Gasteiger partial charge >= 0.3 is 0 Å². The highest BCUT2D eigenvalue weighted by Crippen LogP contribution is 2.28. The second-order valence-corrected chi connectivity index (χ2v) is 6.16. The summed E-state index contributed by atoms with van der Waals surface area (Å²) >= 11 is 0. The van der Waals surface area contributed by atoms with Gasteiger partial charge in [0.2, 0.25) is 0 Å². The van der Waals surface area contributed by atoms with Gasteiger partial charge in [-0.3, -0.25) is 0 Å². The number of rotatable bonds is 4. The van der Waals surface area contributed by atoms with E-state index in [-0.39, 0.29) is 0 Å². The van der Waals surface area contributed by atoms with Gasteiger partial charge in [0.05, 0.1) is 0 Å². The zero-order valence-electron chi connectivity index (χ0n) is 14.3. The third-order valence-corrected chi connectivity index (χ3v) is 4.52. The van der Waals surface area contributed by atoms with Crippen molar-refractivity contribution in [2.45, 2.75) is 13.8 Å². The highest BCUT2D eigenvalue weighted by Gasteiger charge is 2.08. The highest BCUT2D eigenvalue weighted by atomic mass is 14.1. The fraction of sp³-hybridized carbons (Fsp3) is 0.0833. The monoisotopic (exact) mass is 310 g/mol. The smallest absolute Gasteiger partial charge is 0.0155 e. The molecule has 0 aromatic heterocycles. The number of hydrogen-bond donors (Lipinski definition) is 0. The van der Waals surface area contributed by atoms with Crippen LogP contribution in [0.1, 0.15) is 33.4 Å². The van der Waals surface area contributed by atoms with Crippen LogP contribution >= 0.6 is 0 Å². The summed E-state index contributed by atoms with van der Waals surface area (Å²) in [7, 11) is 0. The molecule has 0 spiro atoms. The van der Waals surface area contributed by atoms with Crippen LogP contribution < -0.4 is 0 Å². The van der Waals surface area contributed by atoms with Gasteiger partial charge in [0.1, 0.15) is 0 Å². The summed E-state index contributed by atoms with van der Waals surface area (Å²) in [6.45, 7) is 12.8. The summed E-state index contributed by atoms with van der Waals surface area (Å²) in [6, 6.07) is 25.2. The Hall–Kier alpha value is -2.86. The molecule has 0 atom stereocenters. The number of benzene rings is 3. The Labute approximate surface area is 144 Å². The van der Waals surface area contributed by atoms with Gasteiger partial charge < -0.3 is 0 Å². The van der Waals surface area contributed by atoms with E-state index < -0.39 is 0 Å². The molecular formula is C24H22. The topological polar surface area (TPSA) is 0 Å². The second-order valence-electron chi connectivity index (χ2n) is 6.16. The minimum atomic E-state index is 1.06. The maximum atomic E-state index is 4.28. The van der Waals surface area contributed by atoms with Crippen molar-refractivity contribution in [3.63, 3.8) is 0 Å². The lowest BCUT2D eigenvalue weighted by molar-refractivity contribution is 1.40. The van der Waals surface area contributed by atoms with Crippen molar-refractivity contribution in [1.82, 2.24) is 0 Å². The molecule has 0 unspecified atom stereocenters. The standard InChI is InChI=1S/C24H22/c1-17-9-5-7-11-23(17)19(3)21-13-15-22(16-14-21)20(4)24-12-8-6-10-18(24)2/h5-16H,3-4H2,1-2H3. The van der Waals surface area contributed by atoms with Gasteiger partial charge in [0.15, 0.2) is 0 Å². The summed E-state index contributed by atoms with van der Waals surface area (Å²) in [4.78, 5) is 0. The molecule has 3 aromatic carbocycles. The lowest BCUT2D eigenvalue weighted by Crippen LogP contribution is -1.92. The van der Waals surface area contributed by atoms with Crippen molar-refractivity contribution in [3.8, 4) is 0 Å². The molecule has 0 saturated carbocycles. The van der Waals surface area contributed by atoms with E-state index in [4.69, 9.17) is 0 Å². The molecule has 3 aromatic rings. The SMILES string of the molecule is C=C(c1ccc(C(=C)c2ccccc2C)cc1)c1ccccc1C. The Bertz CT molecular complexity index is 819. The first kappa shape index (κ1) is 16.0. The molecule has 118 valence electrons. The normalized spacial score (nSPS) is 10.4. The average Bonchev–Trinajstić information content (AvgIpc) is 2.61. The van der Waals surface area contributed by atoms with Crippen LogP contribution in [0.15, 0.2) is 86.0 Å². The van der Waals surface area contributed by atoms with E-state index in [9.17, 15) is 0 Å². The van der Waals surface area contributed by atoms with Crippen LogP contribution in [0.5, 0.6) is 0 Å². The number of aryl methyl sites for hydroxylation is 2. The van der Waals surface area contributed by atoms with Crippen molar-refractivity contribution >= 4 is 11.1 Å². The van der Waals surface area contributed by atoms with E-state index in [1.54, 1.807) is 0 Å². The number of hydrogen-bond acceptors (Lipinski definition) is 0. The molecule has 0 aliphatic heterocycles. The molecule has 24 heavy (non-hydrogen) atoms. The molecule has 0 fully saturated rings. The fourth-order valence-corrected chi connectivity index (χ4v) is 3.01. The van der Waals surface area contributed by atoms with Gasteiger partial charge in [-0.05, 0) is 58.4 Å². The molecule has 3 rings (SSSR count). The van der Waals surface area contributed by atoms with Crippen LogP contribution in [0.2, 0.25) is 0 Å². The zero-order chi connectivity index (χ0) is 17.1. The van der Waals surface area contributed by atoms with Crippen LogP contribution in [0.4, 0.5) is 0 Å². The molecular weight excluding hydrogens is 288 g/mol. The molecule has 0 nitrogen and oxygen atoms in total. The van der Waals surface area contributed by atoms with Crippen LogP contribution in [-0.4, -0.2) is 0 Å². The van der Waals surface area contributed by atoms with E-state index in [2.05, 4.69) is 99.8 Å². The molecule has 0 heterocycles. The summed E-state index contributed by atoms with van der Waals surface area (Å²) in [5.74, 6) is 0. The summed E-state index contributed by atoms with van der Waals surface area (Å²) in [6.07, 6.45) is 0. The van der Waals surface area contributed by atoms with Crippen LogP contribution in [0.3, 0.4) is 0 Å². The molecule has 0 bridgehead atoms. The first-order valence-electron chi connectivity index (χ1n) is 8.18. The Balaban J connectivity index is 1.89. The van der Waals surface area contributed by atoms with Gasteiger partial charge in [-0.15, -0.1) is 0 Å². The maximum absolute atomic E-state index is 4.28. The van der Waals surface area contributed by atoms with E-state index in [0.717, 1.165) is 22.3 Å². The Morgan fingerprint density at radius 3 is 1.21 bits per heavy atom. The van der Waals surface area contributed by atoms with E-state index in [0.29, 0.717) is 0 Å². The first-order chi connectivity index (χ1) is 11.6. The average molecular weight is 310 g/mol. The third-order valence-electron chi connectivity index (χ3n) is 4.52. The first-order valence-corrected chi connectivity index (χ1v) is 8.18. The third kappa shape index (κ3) is 3.09. The van der Waals surface area contributed by atoms with Crippen molar-refractivity contribution in [3.05, 3.63) is 119 Å².